The van der Waals surface area contributed by atoms with Crippen molar-refractivity contribution in [3.8, 4) is 0 Å². The van der Waals surface area contributed by atoms with Crippen molar-refractivity contribution in [3.05, 3.63) is 17.5 Å². The maximum atomic E-state index is 11.7. The van der Waals surface area contributed by atoms with E-state index in [4.69, 9.17) is 0 Å². The van der Waals surface area contributed by atoms with Crippen molar-refractivity contribution >= 4 is 5.91 Å². The normalized spacial score (nSPS) is 10.4. The molecule has 2 N–H and O–H groups in total. The van der Waals surface area contributed by atoms with Gasteiger partial charge in [-0.2, -0.15) is 5.10 Å². The molecule has 1 rings (SSSR count). The Bertz CT molecular complexity index is 346. The number of aryl methyl sites for hydroxylation is 2. The molecular weight excluding hydrogens is 204 g/mol. The van der Waals surface area contributed by atoms with Crippen LogP contribution in [0.5, 0.6) is 0 Å². The highest BCUT2D eigenvalue weighted by Crippen LogP contribution is 2.00. The second-order valence-corrected chi connectivity index (χ2v) is 3.76. The second kappa shape index (κ2) is 6.27. The first kappa shape index (κ1) is 12.7. The second-order valence-electron chi connectivity index (χ2n) is 3.76. The molecule has 1 heterocycles. The molecule has 0 aromatic carbocycles. The third-order valence-electron chi connectivity index (χ3n) is 2.30. The number of hydrogen-bond donors (Lipinski definition) is 2. The molecule has 0 aliphatic carbocycles. The Morgan fingerprint density at radius 2 is 2.25 bits per heavy atom. The van der Waals surface area contributed by atoms with E-state index in [9.17, 15) is 4.79 Å². The van der Waals surface area contributed by atoms with Crippen molar-refractivity contribution in [3.63, 3.8) is 0 Å². The first-order valence-corrected chi connectivity index (χ1v) is 5.64. The van der Waals surface area contributed by atoms with Gasteiger partial charge in [-0.3, -0.25) is 9.48 Å². The summed E-state index contributed by atoms with van der Waals surface area (Å²) in [4.78, 5) is 11.7. The lowest BCUT2D eigenvalue weighted by molar-refractivity contribution is 0.0944. The summed E-state index contributed by atoms with van der Waals surface area (Å²) in [6.07, 6.45) is 0.941. The van der Waals surface area contributed by atoms with Crippen LogP contribution in [0.4, 0.5) is 0 Å². The van der Waals surface area contributed by atoms with Gasteiger partial charge in [0.25, 0.3) is 5.91 Å². The summed E-state index contributed by atoms with van der Waals surface area (Å²) in [5.74, 6) is -0.0559. The van der Waals surface area contributed by atoms with E-state index < -0.39 is 0 Å². The Labute approximate surface area is 96.2 Å². The first-order valence-electron chi connectivity index (χ1n) is 5.64. The lowest BCUT2D eigenvalue weighted by atomic mass is 10.3. The zero-order valence-electron chi connectivity index (χ0n) is 10.2. The minimum atomic E-state index is -0.0559. The van der Waals surface area contributed by atoms with Gasteiger partial charge in [-0.25, -0.2) is 0 Å². The lowest BCUT2D eigenvalue weighted by Crippen LogP contribution is -2.28. The van der Waals surface area contributed by atoms with E-state index in [0.717, 1.165) is 25.2 Å². The Morgan fingerprint density at radius 1 is 1.50 bits per heavy atom. The molecule has 1 amide bonds. The summed E-state index contributed by atoms with van der Waals surface area (Å²) >= 11 is 0. The van der Waals surface area contributed by atoms with Gasteiger partial charge in [-0.15, -0.1) is 0 Å². The number of aromatic nitrogens is 2. The molecule has 0 aliphatic heterocycles. The number of carbonyl (C=O) groups is 1. The molecule has 0 atom stereocenters. The molecule has 0 aliphatic rings. The molecule has 16 heavy (non-hydrogen) atoms. The van der Waals surface area contributed by atoms with Crippen LogP contribution in [0.2, 0.25) is 0 Å². The summed E-state index contributed by atoms with van der Waals surface area (Å²) < 4.78 is 1.61. The minimum absolute atomic E-state index is 0.0559. The van der Waals surface area contributed by atoms with E-state index >= 15 is 0 Å². The molecule has 0 bridgehead atoms. The molecule has 0 fully saturated rings. The van der Waals surface area contributed by atoms with Crippen molar-refractivity contribution in [2.24, 2.45) is 7.05 Å². The topological polar surface area (TPSA) is 58.9 Å². The number of rotatable bonds is 6. The highest BCUT2D eigenvalue weighted by Gasteiger charge is 2.10. The average molecular weight is 224 g/mol. The average Bonchev–Trinajstić information content (AvgIpc) is 2.57. The predicted molar refractivity (Wildman–Crippen MR) is 63.4 cm³/mol. The first-order chi connectivity index (χ1) is 7.65. The molecule has 0 saturated heterocycles. The molecule has 0 spiro atoms. The SMILES string of the molecule is CCNCCCNC(=O)c1cc(C)nn1C. The Hall–Kier alpha value is -1.36. The number of nitrogens with zero attached hydrogens (tertiary/aromatic N) is 2. The fourth-order valence-corrected chi connectivity index (χ4v) is 1.51. The zero-order chi connectivity index (χ0) is 12.0. The fraction of sp³-hybridized carbons (Fsp3) is 0.636. The molecule has 5 nitrogen and oxygen atoms in total. The monoisotopic (exact) mass is 224 g/mol. The Morgan fingerprint density at radius 3 is 2.81 bits per heavy atom. The zero-order valence-corrected chi connectivity index (χ0v) is 10.2. The van der Waals surface area contributed by atoms with Gasteiger partial charge in [0.1, 0.15) is 5.69 Å². The van der Waals surface area contributed by atoms with Crippen molar-refractivity contribution in [1.82, 2.24) is 20.4 Å². The molecule has 0 unspecified atom stereocenters. The van der Waals surface area contributed by atoms with Gasteiger partial charge in [0.2, 0.25) is 0 Å². The van der Waals surface area contributed by atoms with Crippen molar-refractivity contribution in [1.29, 1.82) is 0 Å². The lowest BCUT2D eigenvalue weighted by Gasteiger charge is -2.05. The minimum Gasteiger partial charge on any atom is -0.351 e. The van der Waals surface area contributed by atoms with Crippen LogP contribution in [0, 0.1) is 6.92 Å². The van der Waals surface area contributed by atoms with Crippen LogP contribution < -0.4 is 10.6 Å². The van der Waals surface area contributed by atoms with Crippen LogP contribution in [-0.4, -0.2) is 35.3 Å². The number of carbonyl (C=O) groups excluding carboxylic acids is 1. The van der Waals surface area contributed by atoms with Gasteiger partial charge in [-0.05, 0) is 32.5 Å². The van der Waals surface area contributed by atoms with E-state index in [1.165, 1.54) is 0 Å². The van der Waals surface area contributed by atoms with Crippen LogP contribution in [0.15, 0.2) is 6.07 Å². The van der Waals surface area contributed by atoms with E-state index in [1.807, 2.05) is 6.92 Å². The summed E-state index contributed by atoms with van der Waals surface area (Å²) in [6.45, 7) is 6.53. The third-order valence-corrected chi connectivity index (χ3v) is 2.30. The number of amides is 1. The quantitative estimate of drug-likeness (QED) is 0.690. The predicted octanol–water partition coefficient (Wildman–Crippen LogP) is 0.458. The number of hydrogen-bond acceptors (Lipinski definition) is 3. The summed E-state index contributed by atoms with van der Waals surface area (Å²) in [5.41, 5.74) is 1.47. The highest BCUT2D eigenvalue weighted by molar-refractivity contribution is 5.92. The van der Waals surface area contributed by atoms with Crippen LogP contribution in [0.3, 0.4) is 0 Å². The van der Waals surface area contributed by atoms with E-state index in [1.54, 1.807) is 17.8 Å². The van der Waals surface area contributed by atoms with Crippen LogP contribution in [0.1, 0.15) is 29.5 Å². The van der Waals surface area contributed by atoms with Gasteiger partial charge in [0.05, 0.1) is 5.69 Å². The van der Waals surface area contributed by atoms with Crippen LogP contribution >= 0.6 is 0 Å². The van der Waals surface area contributed by atoms with Crippen molar-refractivity contribution < 1.29 is 4.79 Å². The van der Waals surface area contributed by atoms with E-state index in [2.05, 4.69) is 22.7 Å². The molecular formula is C11H20N4O. The van der Waals surface area contributed by atoms with Crippen molar-refractivity contribution in [2.75, 3.05) is 19.6 Å². The molecule has 90 valence electrons. The largest absolute Gasteiger partial charge is 0.351 e. The smallest absolute Gasteiger partial charge is 0.269 e. The van der Waals surface area contributed by atoms with Gasteiger partial charge < -0.3 is 10.6 Å². The molecule has 0 saturated carbocycles. The van der Waals surface area contributed by atoms with Gasteiger partial charge in [0.15, 0.2) is 0 Å². The summed E-state index contributed by atoms with van der Waals surface area (Å²) in [7, 11) is 1.78. The summed E-state index contributed by atoms with van der Waals surface area (Å²) in [5, 5.41) is 10.2. The van der Waals surface area contributed by atoms with Crippen molar-refractivity contribution in [2.45, 2.75) is 20.3 Å². The summed E-state index contributed by atoms with van der Waals surface area (Å²) in [6, 6.07) is 1.79. The third kappa shape index (κ3) is 3.66. The molecule has 5 heteroatoms. The number of nitrogens with one attached hydrogen (secondary N) is 2. The maximum Gasteiger partial charge on any atom is 0.269 e. The Kier molecular flexibility index (Phi) is 4.98. The standard InChI is InChI=1S/C11H20N4O/c1-4-12-6-5-7-13-11(16)10-8-9(2)14-15(10)3/h8,12H,4-7H2,1-3H3,(H,13,16). The molecule has 0 radical (unpaired) electrons. The van der Waals surface area contributed by atoms with Gasteiger partial charge >= 0.3 is 0 Å². The van der Waals surface area contributed by atoms with E-state index in [0.29, 0.717) is 12.2 Å². The van der Waals surface area contributed by atoms with Crippen LogP contribution in [-0.2, 0) is 7.05 Å². The molecule has 1 aromatic rings. The maximum absolute atomic E-state index is 11.7. The van der Waals surface area contributed by atoms with Crippen LogP contribution in [0.25, 0.3) is 0 Å². The van der Waals surface area contributed by atoms with Gasteiger partial charge in [-0.1, -0.05) is 6.92 Å². The highest BCUT2D eigenvalue weighted by atomic mass is 16.2. The Balaban J connectivity index is 2.33. The fourth-order valence-electron chi connectivity index (χ4n) is 1.51. The van der Waals surface area contributed by atoms with E-state index in [-0.39, 0.29) is 5.91 Å². The van der Waals surface area contributed by atoms with Gasteiger partial charge in [0, 0.05) is 13.6 Å². The molecule has 1 aromatic heterocycles.